The topological polar surface area (TPSA) is 95.9 Å². The lowest BCUT2D eigenvalue weighted by Gasteiger charge is -2.48. The van der Waals surface area contributed by atoms with Crippen LogP contribution in [0, 0.1) is 0 Å². The Kier molecular flexibility index (Phi) is 6.40. The third-order valence-corrected chi connectivity index (χ3v) is 6.87. The van der Waals surface area contributed by atoms with Gasteiger partial charge < -0.3 is 9.64 Å². The number of carbonyl (C=O) groups is 3. The Morgan fingerprint density at radius 1 is 1.03 bits per heavy atom. The highest BCUT2D eigenvalue weighted by Gasteiger charge is 2.48. The van der Waals surface area contributed by atoms with Gasteiger partial charge in [0.2, 0.25) is 0 Å². The average Bonchev–Trinajstić information content (AvgIpc) is 2.92. The quantitative estimate of drug-likeness (QED) is 0.322. The summed E-state index contributed by atoms with van der Waals surface area (Å²) >= 11 is 0. The van der Waals surface area contributed by atoms with Crippen molar-refractivity contribution in [3.63, 3.8) is 0 Å². The number of ether oxygens (including phenoxy) is 1. The Bertz CT molecular complexity index is 1320. The van der Waals surface area contributed by atoms with Crippen molar-refractivity contribution in [2.75, 3.05) is 6.54 Å². The van der Waals surface area contributed by atoms with Gasteiger partial charge in [0.15, 0.2) is 5.78 Å². The minimum atomic E-state index is -0.716. The van der Waals surface area contributed by atoms with Gasteiger partial charge in [0, 0.05) is 31.0 Å². The Hall–Kier alpha value is -4.23. The van der Waals surface area contributed by atoms with Crippen molar-refractivity contribution in [3.8, 4) is 5.75 Å². The number of hydroxylamine groups is 1. The third-order valence-electron chi connectivity index (χ3n) is 6.87. The number of Topliss-reactive ketones (excluding diaryl/α,β-unsaturated/α-hetero) is 1. The highest BCUT2D eigenvalue weighted by molar-refractivity contribution is 6.01. The van der Waals surface area contributed by atoms with E-state index in [1.54, 1.807) is 18.2 Å². The molecule has 7 nitrogen and oxygen atoms in total. The van der Waals surface area contributed by atoms with Crippen LogP contribution in [0.1, 0.15) is 57.1 Å². The number of hydrogen-bond donors (Lipinski definition) is 2. The molecule has 1 spiro atoms. The molecule has 2 heterocycles. The second-order valence-electron chi connectivity index (χ2n) is 9.20. The van der Waals surface area contributed by atoms with E-state index in [4.69, 9.17) is 9.94 Å². The first kappa shape index (κ1) is 23.5. The monoisotopic (exact) mass is 482 g/mol. The van der Waals surface area contributed by atoms with Crippen molar-refractivity contribution >= 4 is 23.7 Å². The zero-order valence-corrected chi connectivity index (χ0v) is 19.6. The Morgan fingerprint density at radius 3 is 2.47 bits per heavy atom. The van der Waals surface area contributed by atoms with E-state index < -0.39 is 11.5 Å². The van der Waals surface area contributed by atoms with Gasteiger partial charge >= 0.3 is 0 Å². The summed E-state index contributed by atoms with van der Waals surface area (Å²) in [5, 5.41) is 8.66. The number of fused-ring (bicyclic) bond motifs is 1. The van der Waals surface area contributed by atoms with Crippen LogP contribution in [0.3, 0.4) is 0 Å². The van der Waals surface area contributed by atoms with Crippen molar-refractivity contribution in [1.82, 2.24) is 10.4 Å². The fraction of sp³-hybridized carbons (Fsp3) is 0.207. The lowest BCUT2D eigenvalue weighted by molar-refractivity contribution is -0.124. The molecule has 2 N–H and O–H groups in total. The van der Waals surface area contributed by atoms with Crippen LogP contribution in [0.2, 0.25) is 0 Å². The maximum absolute atomic E-state index is 13.5. The third kappa shape index (κ3) is 4.65. The normalized spacial score (nSPS) is 21.2. The number of amides is 2. The van der Waals surface area contributed by atoms with E-state index in [1.807, 2.05) is 65.6 Å². The first-order valence-corrected chi connectivity index (χ1v) is 11.9. The van der Waals surface area contributed by atoms with E-state index in [1.165, 1.54) is 17.6 Å². The zero-order valence-electron chi connectivity index (χ0n) is 19.6. The van der Waals surface area contributed by atoms with Crippen LogP contribution >= 0.6 is 0 Å². The van der Waals surface area contributed by atoms with Crippen LogP contribution < -0.4 is 10.2 Å². The molecule has 0 bridgehead atoms. The molecule has 0 aliphatic carbocycles. The van der Waals surface area contributed by atoms with Crippen molar-refractivity contribution in [3.05, 3.63) is 107 Å². The van der Waals surface area contributed by atoms with Gasteiger partial charge in [-0.05, 0) is 41.5 Å². The van der Waals surface area contributed by atoms with Gasteiger partial charge in [0.25, 0.3) is 11.8 Å². The number of ketones is 1. The van der Waals surface area contributed by atoms with Crippen LogP contribution in [0.25, 0.3) is 6.08 Å². The lowest BCUT2D eigenvalue weighted by Crippen LogP contribution is -2.53. The molecule has 3 aromatic carbocycles. The number of nitrogens with zero attached hydrogens (tertiary/aromatic N) is 1. The van der Waals surface area contributed by atoms with E-state index in [9.17, 15) is 14.4 Å². The molecule has 1 fully saturated rings. The summed E-state index contributed by atoms with van der Waals surface area (Å²) < 4.78 is 6.52. The first-order chi connectivity index (χ1) is 17.5. The highest BCUT2D eigenvalue weighted by atomic mass is 16.5. The summed E-state index contributed by atoms with van der Waals surface area (Å²) in [5.41, 5.74) is 3.58. The number of carbonyl (C=O) groups excluding carboxylic acids is 3. The van der Waals surface area contributed by atoms with Crippen LogP contribution in [0.5, 0.6) is 5.75 Å². The maximum atomic E-state index is 13.5. The van der Waals surface area contributed by atoms with Crippen molar-refractivity contribution in [1.29, 1.82) is 0 Å². The van der Waals surface area contributed by atoms with Gasteiger partial charge in [-0.1, -0.05) is 54.6 Å². The molecule has 2 atom stereocenters. The number of hydrogen-bond acceptors (Lipinski definition) is 5. The minimum absolute atomic E-state index is 0.0345. The summed E-state index contributed by atoms with van der Waals surface area (Å²) in [6, 6.07) is 24.1. The van der Waals surface area contributed by atoms with E-state index >= 15 is 0 Å². The van der Waals surface area contributed by atoms with E-state index in [0.717, 1.165) is 5.56 Å². The number of rotatable bonds is 4. The lowest BCUT2D eigenvalue weighted by atomic mass is 9.77. The number of piperidine rings is 1. The molecular formula is C29H26N2O5. The van der Waals surface area contributed by atoms with Gasteiger partial charge in [-0.3, -0.25) is 19.6 Å². The summed E-state index contributed by atoms with van der Waals surface area (Å²) in [4.78, 5) is 39.9. The van der Waals surface area contributed by atoms with Crippen LogP contribution in [-0.4, -0.2) is 39.9 Å². The van der Waals surface area contributed by atoms with Gasteiger partial charge in [-0.2, -0.15) is 0 Å². The van der Waals surface area contributed by atoms with Crippen molar-refractivity contribution < 1.29 is 24.3 Å². The summed E-state index contributed by atoms with van der Waals surface area (Å²) in [5.74, 6) is -0.222. The molecule has 0 radical (unpaired) electrons. The summed E-state index contributed by atoms with van der Waals surface area (Å²) in [6.07, 6.45) is 3.95. The van der Waals surface area contributed by atoms with Crippen LogP contribution in [-0.2, 0) is 4.79 Å². The van der Waals surface area contributed by atoms with Crippen molar-refractivity contribution in [2.24, 2.45) is 0 Å². The Balaban J connectivity index is 1.44. The Morgan fingerprint density at radius 2 is 1.75 bits per heavy atom. The summed E-state index contributed by atoms with van der Waals surface area (Å²) in [6.45, 7) is 0.465. The number of likely N-dealkylation sites (tertiary alicyclic amines) is 1. The molecule has 1 saturated heterocycles. The molecule has 3 aromatic rings. The second kappa shape index (κ2) is 9.79. The molecule has 2 aliphatic heterocycles. The van der Waals surface area contributed by atoms with Gasteiger partial charge in [0.1, 0.15) is 11.4 Å². The number of nitrogens with one attached hydrogen (secondary N) is 1. The fourth-order valence-electron chi connectivity index (χ4n) is 5.09. The van der Waals surface area contributed by atoms with E-state index in [2.05, 4.69) is 0 Å². The standard InChI is InChI=1S/C29H26N2O5/c32-25-19-29(36-26-13-11-20(17-23(25)26)12-14-27(33)30-35)15-16-31(28(34)22-9-5-2-6-10-22)24(18-29)21-7-3-1-4-8-21/h1-14,17,24,35H,15-16,18-19H2,(H,30,33). The summed E-state index contributed by atoms with van der Waals surface area (Å²) in [7, 11) is 0. The Labute approximate surface area is 209 Å². The predicted octanol–water partition coefficient (Wildman–Crippen LogP) is 4.59. The van der Waals surface area contributed by atoms with Gasteiger partial charge in [0.05, 0.1) is 18.0 Å². The minimum Gasteiger partial charge on any atom is -0.486 e. The molecule has 2 unspecified atom stereocenters. The smallest absolute Gasteiger partial charge is 0.267 e. The van der Waals surface area contributed by atoms with Gasteiger partial charge in [-0.15, -0.1) is 0 Å². The molecule has 0 saturated carbocycles. The van der Waals surface area contributed by atoms with E-state index in [-0.39, 0.29) is 24.2 Å². The highest BCUT2D eigenvalue weighted by Crippen LogP contribution is 2.45. The molecule has 182 valence electrons. The molecule has 2 amide bonds. The fourth-order valence-corrected chi connectivity index (χ4v) is 5.09. The average molecular weight is 483 g/mol. The first-order valence-electron chi connectivity index (χ1n) is 11.9. The maximum Gasteiger partial charge on any atom is 0.267 e. The SMILES string of the molecule is O=C(C=Cc1ccc2c(c1)C(=O)CC1(CCN(C(=O)c3ccccc3)C(c3ccccc3)C1)O2)NO. The molecular weight excluding hydrogens is 456 g/mol. The predicted molar refractivity (Wildman–Crippen MR) is 134 cm³/mol. The zero-order chi connectivity index (χ0) is 25.1. The van der Waals surface area contributed by atoms with Crippen molar-refractivity contribution in [2.45, 2.75) is 30.9 Å². The van der Waals surface area contributed by atoms with Crippen LogP contribution in [0.15, 0.2) is 84.9 Å². The number of benzene rings is 3. The molecule has 0 aromatic heterocycles. The molecule has 36 heavy (non-hydrogen) atoms. The largest absolute Gasteiger partial charge is 0.486 e. The van der Waals surface area contributed by atoms with Gasteiger partial charge in [-0.25, -0.2) is 5.48 Å². The second-order valence-corrected chi connectivity index (χ2v) is 9.20. The molecule has 2 aliphatic rings. The van der Waals surface area contributed by atoms with E-state index in [0.29, 0.717) is 41.8 Å². The molecule has 5 rings (SSSR count). The van der Waals surface area contributed by atoms with Crippen LogP contribution in [0.4, 0.5) is 0 Å². The molecule has 7 heteroatoms.